The van der Waals surface area contributed by atoms with Crippen molar-refractivity contribution in [3.05, 3.63) is 78.4 Å². The third kappa shape index (κ3) is 4.90. The number of benzene rings is 2. The molecule has 2 aromatic carbocycles. The minimum Gasteiger partial charge on any atom is -0.379 e. The van der Waals surface area contributed by atoms with Crippen LogP contribution in [0.5, 0.6) is 0 Å². The number of amides is 1. The maximum atomic E-state index is 12.8. The second-order valence-corrected chi connectivity index (χ2v) is 9.64. The summed E-state index contributed by atoms with van der Waals surface area (Å²) in [5.41, 5.74) is 2.18. The van der Waals surface area contributed by atoms with Gasteiger partial charge in [-0.05, 0) is 35.7 Å². The van der Waals surface area contributed by atoms with Gasteiger partial charge in [-0.3, -0.25) is 4.79 Å². The molecule has 9 heteroatoms. The molecule has 1 atom stereocenters. The lowest BCUT2D eigenvalue weighted by molar-refractivity contribution is 0.0730. The van der Waals surface area contributed by atoms with E-state index in [-0.39, 0.29) is 16.7 Å². The molecule has 1 N–H and O–H groups in total. The fourth-order valence-corrected chi connectivity index (χ4v) is 4.95. The van der Waals surface area contributed by atoms with E-state index in [2.05, 4.69) is 17.2 Å². The first-order valence-corrected chi connectivity index (χ1v) is 11.9. The number of morpholine rings is 1. The summed E-state index contributed by atoms with van der Waals surface area (Å²) in [5.74, 6) is -0.0683. The topological polar surface area (TPSA) is 93.5 Å². The van der Waals surface area contributed by atoms with Crippen molar-refractivity contribution in [2.75, 3.05) is 32.8 Å². The number of hydrogen-bond acceptors (Lipinski definition) is 5. The van der Waals surface area contributed by atoms with Crippen molar-refractivity contribution in [1.29, 1.82) is 0 Å². The minimum absolute atomic E-state index is 0.184. The molecule has 4 rings (SSSR count). The molecule has 0 saturated carbocycles. The van der Waals surface area contributed by atoms with E-state index in [0.717, 1.165) is 11.3 Å². The van der Waals surface area contributed by atoms with E-state index < -0.39 is 10.0 Å². The molecule has 0 radical (unpaired) electrons. The van der Waals surface area contributed by atoms with Gasteiger partial charge in [0.25, 0.3) is 5.91 Å². The molecular weight excluding hydrogens is 428 g/mol. The van der Waals surface area contributed by atoms with E-state index in [9.17, 15) is 13.2 Å². The van der Waals surface area contributed by atoms with Crippen molar-refractivity contribution in [2.24, 2.45) is 0 Å². The molecule has 0 bridgehead atoms. The zero-order valence-corrected chi connectivity index (χ0v) is 18.7. The predicted octanol–water partition coefficient (Wildman–Crippen LogP) is 2.43. The molecule has 1 amide bonds. The molecule has 8 nitrogen and oxygen atoms in total. The summed E-state index contributed by atoms with van der Waals surface area (Å²) in [4.78, 5) is 16.9. The van der Waals surface area contributed by atoms with Crippen LogP contribution >= 0.6 is 0 Å². The monoisotopic (exact) mass is 454 g/mol. The standard InChI is InChI=1S/C23H26N4O4S/c1-18(19-5-3-2-4-6-19)15-24-23(28)22-16-26(17-25-22)20-7-9-21(10-8-20)32(29,30)27-11-13-31-14-12-27/h2-10,16-18H,11-15H2,1H3,(H,24,28). The van der Waals surface area contributed by atoms with Crippen LogP contribution in [0.15, 0.2) is 72.0 Å². The first kappa shape index (κ1) is 22.2. The second kappa shape index (κ2) is 9.64. The molecule has 32 heavy (non-hydrogen) atoms. The lowest BCUT2D eigenvalue weighted by atomic mass is 10.0. The van der Waals surface area contributed by atoms with Crippen LogP contribution in [-0.2, 0) is 14.8 Å². The molecule has 0 spiro atoms. The summed E-state index contributed by atoms with van der Waals surface area (Å²) >= 11 is 0. The molecule has 3 aromatic rings. The Labute approximate surface area is 187 Å². The number of rotatable bonds is 7. The van der Waals surface area contributed by atoms with E-state index in [1.165, 1.54) is 4.31 Å². The Morgan fingerprint density at radius 2 is 1.78 bits per heavy atom. The van der Waals surface area contributed by atoms with Gasteiger partial charge in [-0.15, -0.1) is 0 Å². The van der Waals surface area contributed by atoms with Crippen LogP contribution in [0.1, 0.15) is 28.9 Å². The Hall–Kier alpha value is -3.01. The van der Waals surface area contributed by atoms with Gasteiger partial charge in [-0.25, -0.2) is 13.4 Å². The SMILES string of the molecule is CC(CNC(=O)c1cn(-c2ccc(S(=O)(=O)N3CCOCC3)cc2)cn1)c1ccccc1. The number of nitrogens with zero attached hydrogens (tertiary/aromatic N) is 3. The van der Waals surface area contributed by atoms with Crippen molar-refractivity contribution in [3.63, 3.8) is 0 Å². The van der Waals surface area contributed by atoms with Crippen molar-refractivity contribution in [2.45, 2.75) is 17.7 Å². The maximum absolute atomic E-state index is 12.8. The predicted molar refractivity (Wildman–Crippen MR) is 120 cm³/mol. The van der Waals surface area contributed by atoms with Gasteiger partial charge in [0, 0.05) is 31.5 Å². The first-order chi connectivity index (χ1) is 15.4. The molecule has 2 heterocycles. The number of aromatic nitrogens is 2. The number of carbonyl (C=O) groups excluding carboxylic acids is 1. The molecule has 1 aliphatic heterocycles. The highest BCUT2D eigenvalue weighted by atomic mass is 32.2. The van der Waals surface area contributed by atoms with Crippen LogP contribution < -0.4 is 5.32 Å². The summed E-state index contributed by atoms with van der Waals surface area (Å²) in [7, 11) is -3.54. The van der Waals surface area contributed by atoms with Gasteiger partial charge < -0.3 is 14.6 Å². The number of nitrogens with one attached hydrogen (secondary N) is 1. The van der Waals surface area contributed by atoms with Crippen LogP contribution in [0.2, 0.25) is 0 Å². The summed E-state index contributed by atoms with van der Waals surface area (Å²) in [5, 5.41) is 2.92. The number of carbonyl (C=O) groups is 1. The Balaban J connectivity index is 1.40. The molecule has 1 fully saturated rings. The first-order valence-electron chi connectivity index (χ1n) is 10.5. The Bertz CT molecular complexity index is 1150. The fourth-order valence-electron chi connectivity index (χ4n) is 3.54. The molecule has 0 aliphatic carbocycles. The minimum atomic E-state index is -3.54. The van der Waals surface area contributed by atoms with Crippen LogP contribution in [0.3, 0.4) is 0 Å². The molecule has 1 aromatic heterocycles. The normalized spacial score (nSPS) is 15.9. The van der Waals surface area contributed by atoms with Crippen LogP contribution in [0.25, 0.3) is 5.69 Å². The number of hydrogen-bond donors (Lipinski definition) is 1. The Kier molecular flexibility index (Phi) is 6.69. The molecule has 1 unspecified atom stereocenters. The highest BCUT2D eigenvalue weighted by Gasteiger charge is 2.26. The van der Waals surface area contributed by atoms with Gasteiger partial charge in [0.2, 0.25) is 10.0 Å². The van der Waals surface area contributed by atoms with Gasteiger partial charge in [-0.1, -0.05) is 37.3 Å². The summed E-state index contributed by atoms with van der Waals surface area (Å²) in [6, 6.07) is 16.5. The van der Waals surface area contributed by atoms with Crippen molar-refractivity contribution < 1.29 is 17.9 Å². The largest absolute Gasteiger partial charge is 0.379 e. The van der Waals surface area contributed by atoms with Crippen molar-refractivity contribution in [3.8, 4) is 5.69 Å². The van der Waals surface area contributed by atoms with Gasteiger partial charge in [0.05, 0.1) is 18.1 Å². The summed E-state index contributed by atoms with van der Waals surface area (Å²) in [6.07, 6.45) is 3.18. The smallest absolute Gasteiger partial charge is 0.271 e. The summed E-state index contributed by atoms with van der Waals surface area (Å²) in [6.45, 7) is 4.08. The molecule has 1 saturated heterocycles. The van der Waals surface area contributed by atoms with E-state index in [1.54, 1.807) is 41.4 Å². The quantitative estimate of drug-likeness (QED) is 0.592. The van der Waals surface area contributed by atoms with Crippen LogP contribution in [0.4, 0.5) is 0 Å². The van der Waals surface area contributed by atoms with Gasteiger partial charge >= 0.3 is 0 Å². The Morgan fingerprint density at radius 1 is 1.09 bits per heavy atom. The van der Waals surface area contributed by atoms with Gasteiger partial charge in [0.15, 0.2) is 0 Å². The van der Waals surface area contributed by atoms with Gasteiger partial charge in [0.1, 0.15) is 12.0 Å². The average molecular weight is 455 g/mol. The lowest BCUT2D eigenvalue weighted by Gasteiger charge is -2.26. The zero-order valence-electron chi connectivity index (χ0n) is 17.8. The van der Waals surface area contributed by atoms with Gasteiger partial charge in [-0.2, -0.15) is 4.31 Å². The average Bonchev–Trinajstić information content (AvgIpc) is 3.34. The van der Waals surface area contributed by atoms with Crippen LogP contribution in [0, 0.1) is 0 Å². The van der Waals surface area contributed by atoms with E-state index >= 15 is 0 Å². The zero-order chi connectivity index (χ0) is 22.6. The maximum Gasteiger partial charge on any atom is 0.271 e. The number of imidazole rings is 1. The van der Waals surface area contributed by atoms with E-state index in [4.69, 9.17) is 4.74 Å². The molecule has 1 aliphatic rings. The van der Waals surface area contributed by atoms with E-state index in [1.807, 2.05) is 30.3 Å². The number of sulfonamides is 1. The summed E-state index contributed by atoms with van der Waals surface area (Å²) < 4.78 is 33.9. The van der Waals surface area contributed by atoms with Crippen molar-refractivity contribution in [1.82, 2.24) is 19.2 Å². The molecule has 168 valence electrons. The third-order valence-electron chi connectivity index (χ3n) is 5.50. The lowest BCUT2D eigenvalue weighted by Crippen LogP contribution is -2.40. The number of ether oxygens (including phenoxy) is 1. The third-order valence-corrected chi connectivity index (χ3v) is 7.41. The second-order valence-electron chi connectivity index (χ2n) is 7.70. The van der Waals surface area contributed by atoms with Crippen molar-refractivity contribution >= 4 is 15.9 Å². The highest BCUT2D eigenvalue weighted by Crippen LogP contribution is 2.19. The Morgan fingerprint density at radius 3 is 2.47 bits per heavy atom. The van der Waals surface area contributed by atoms with E-state index in [0.29, 0.717) is 38.5 Å². The van der Waals surface area contributed by atoms with Crippen LogP contribution in [-0.4, -0.2) is 61.0 Å². The molecular formula is C23H26N4O4S. The highest BCUT2D eigenvalue weighted by molar-refractivity contribution is 7.89. The fraction of sp³-hybridized carbons (Fsp3) is 0.304.